The number of fused-ring (bicyclic) bond motifs is 6. The molecule has 0 spiro atoms. The van der Waals surface area contributed by atoms with Gasteiger partial charge >= 0.3 is 0 Å². The maximum Gasteiger partial charge on any atom is 0.204 e. The van der Waals surface area contributed by atoms with Crippen molar-refractivity contribution >= 4 is 84.1 Å². The maximum absolute atomic E-state index is 5.42. The Morgan fingerprint density at radius 2 is 0.841 bits per heavy atom. The number of aromatic nitrogens is 2. The first-order chi connectivity index (χ1) is 31.3. The monoisotopic (exact) mass is 823 g/mol. The van der Waals surface area contributed by atoms with Gasteiger partial charge in [-0.05, 0) is 57.1 Å². The summed E-state index contributed by atoms with van der Waals surface area (Å²) in [5.41, 5.74) is 7.66. The number of amidine groups is 2. The summed E-state index contributed by atoms with van der Waals surface area (Å²) in [6.45, 7) is 0. The molecule has 2 aromatic heterocycles. The number of hydrogen-bond acceptors (Lipinski definition) is 3. The van der Waals surface area contributed by atoms with Crippen molar-refractivity contribution in [2.75, 3.05) is 0 Å². The molecule has 63 heavy (non-hydrogen) atoms. The molecule has 0 fully saturated rings. The van der Waals surface area contributed by atoms with Gasteiger partial charge in [-0.1, -0.05) is 200 Å². The van der Waals surface area contributed by atoms with Gasteiger partial charge in [0.2, 0.25) is 6.29 Å². The molecule has 3 heterocycles. The Morgan fingerprint density at radius 1 is 0.381 bits per heavy atom. The topological polar surface area (TPSA) is 46.6 Å². The highest BCUT2D eigenvalue weighted by atomic mass is 28.3. The Hall–Kier alpha value is -8.06. The molecule has 0 bridgehead atoms. The molecule has 1 atom stereocenters. The van der Waals surface area contributed by atoms with Crippen LogP contribution in [0.25, 0.3) is 49.3 Å². The second-order valence-electron chi connectivity index (χ2n) is 16.2. The van der Waals surface area contributed by atoms with Gasteiger partial charge in [-0.15, -0.1) is 0 Å². The fraction of sp³-hybridized carbons (Fsp3) is 0.0175. The maximum atomic E-state index is 5.42. The van der Waals surface area contributed by atoms with Gasteiger partial charge in [-0.2, -0.15) is 0 Å². The van der Waals surface area contributed by atoms with Gasteiger partial charge in [0.05, 0.1) is 22.1 Å². The molecule has 11 aromatic rings. The van der Waals surface area contributed by atoms with E-state index in [0.29, 0.717) is 5.84 Å². The summed E-state index contributed by atoms with van der Waals surface area (Å²) in [6.07, 6.45) is -0.489. The minimum Gasteiger partial charge on any atom is -0.331 e. The molecule has 1 unspecified atom stereocenters. The third-order valence-corrected chi connectivity index (χ3v) is 17.5. The number of nitrogens with one attached hydrogen (secondary N) is 1. The lowest BCUT2D eigenvalue weighted by Crippen LogP contribution is -2.74. The standard InChI is InChI=1S/C57H41N5Si/c1-5-20-40(21-6-1)55-58-56(41-22-19-29-46(38-41)63(43-23-7-2-8-24-43,44-25-9-3-10-26-44)45-27-11-4-12-28-45)60-57(59-55)62-53-35-18-15-32-49(53)50-39-42(36-37-54(50)62)61-51-33-16-13-30-47(51)48-31-14-17-34-52(48)61/h1-39,57H,(H,58,59,60). The summed E-state index contributed by atoms with van der Waals surface area (Å²) < 4.78 is 4.74. The smallest absolute Gasteiger partial charge is 0.204 e. The Balaban J connectivity index is 1.04. The highest BCUT2D eigenvalue weighted by molar-refractivity contribution is 7.19. The normalized spacial score (nSPS) is 14.2. The van der Waals surface area contributed by atoms with Crippen molar-refractivity contribution in [3.63, 3.8) is 0 Å². The Bertz CT molecular complexity index is 3390. The van der Waals surface area contributed by atoms with E-state index in [1.54, 1.807) is 0 Å². The highest BCUT2D eigenvalue weighted by Crippen LogP contribution is 2.37. The SMILES string of the molecule is c1ccc(C2=NC(n3c4ccccc4c4cc(-n5c6ccccc6c6ccccc65)ccc43)NC(c3cccc([Si](c4ccccc4)(c4ccccc4)c4ccccc4)c3)=N2)cc1. The minimum atomic E-state index is -2.80. The van der Waals surface area contributed by atoms with E-state index >= 15 is 0 Å². The second-order valence-corrected chi connectivity index (χ2v) is 20.0. The predicted octanol–water partition coefficient (Wildman–Crippen LogP) is 10.2. The van der Waals surface area contributed by atoms with Crippen LogP contribution in [-0.4, -0.2) is 28.9 Å². The average molecular weight is 824 g/mol. The fourth-order valence-electron chi connectivity index (χ4n) is 9.99. The second kappa shape index (κ2) is 15.1. The van der Waals surface area contributed by atoms with Crippen molar-refractivity contribution in [2.24, 2.45) is 9.98 Å². The summed E-state index contributed by atoms with van der Waals surface area (Å²) in [6, 6.07) is 85.5. The Kier molecular flexibility index (Phi) is 8.83. The van der Waals surface area contributed by atoms with Crippen LogP contribution in [0.1, 0.15) is 17.4 Å². The Morgan fingerprint density at radius 3 is 1.43 bits per heavy atom. The van der Waals surface area contributed by atoms with Crippen molar-refractivity contribution in [1.82, 2.24) is 14.5 Å². The lowest BCUT2D eigenvalue weighted by atomic mass is 10.1. The first-order valence-corrected chi connectivity index (χ1v) is 23.5. The number of nitrogens with zero attached hydrogens (tertiary/aromatic N) is 4. The molecule has 0 saturated heterocycles. The van der Waals surface area contributed by atoms with E-state index in [2.05, 4.69) is 245 Å². The zero-order valence-electron chi connectivity index (χ0n) is 34.4. The molecule has 1 aliphatic heterocycles. The van der Waals surface area contributed by atoms with Crippen LogP contribution < -0.4 is 26.1 Å². The van der Waals surface area contributed by atoms with Gasteiger partial charge in [0.15, 0.2) is 13.9 Å². The fourth-order valence-corrected chi connectivity index (χ4v) is 14.8. The van der Waals surface area contributed by atoms with E-state index in [0.717, 1.165) is 33.7 Å². The Labute approximate surface area is 366 Å². The third kappa shape index (κ3) is 5.98. The number of benzene rings is 9. The van der Waals surface area contributed by atoms with Crippen LogP contribution in [0.5, 0.6) is 0 Å². The summed E-state index contributed by atoms with van der Waals surface area (Å²) in [5, 5.41) is 14.0. The van der Waals surface area contributed by atoms with Crippen molar-refractivity contribution in [3.05, 3.63) is 248 Å². The molecule has 0 saturated carbocycles. The van der Waals surface area contributed by atoms with Crippen LogP contribution in [0, 0.1) is 0 Å². The van der Waals surface area contributed by atoms with Crippen LogP contribution in [0.15, 0.2) is 247 Å². The zero-order chi connectivity index (χ0) is 41.7. The first-order valence-electron chi connectivity index (χ1n) is 21.5. The van der Waals surface area contributed by atoms with E-state index in [9.17, 15) is 0 Å². The van der Waals surface area contributed by atoms with E-state index in [1.165, 1.54) is 53.3 Å². The van der Waals surface area contributed by atoms with Crippen LogP contribution in [0.2, 0.25) is 0 Å². The van der Waals surface area contributed by atoms with Crippen LogP contribution in [0.3, 0.4) is 0 Å². The van der Waals surface area contributed by atoms with E-state index in [-0.39, 0.29) is 0 Å². The molecule has 298 valence electrons. The summed E-state index contributed by atoms with van der Waals surface area (Å²) in [7, 11) is -2.80. The van der Waals surface area contributed by atoms with E-state index in [4.69, 9.17) is 9.98 Å². The number of hydrogen-bond donors (Lipinski definition) is 1. The van der Waals surface area contributed by atoms with Gasteiger partial charge < -0.3 is 14.5 Å². The molecule has 0 amide bonds. The lowest BCUT2D eigenvalue weighted by Gasteiger charge is -2.35. The van der Waals surface area contributed by atoms with Crippen LogP contribution in [-0.2, 0) is 0 Å². The number of aliphatic imine (C=N–C) groups is 2. The average Bonchev–Trinajstić information content (AvgIpc) is 3.88. The highest BCUT2D eigenvalue weighted by Gasteiger charge is 2.41. The predicted molar refractivity (Wildman–Crippen MR) is 266 cm³/mol. The van der Waals surface area contributed by atoms with Gasteiger partial charge in [-0.3, -0.25) is 0 Å². The summed E-state index contributed by atoms with van der Waals surface area (Å²) >= 11 is 0. The molecule has 9 aromatic carbocycles. The van der Waals surface area contributed by atoms with Crippen LogP contribution in [0.4, 0.5) is 0 Å². The summed E-state index contributed by atoms with van der Waals surface area (Å²) in [5.74, 6) is 1.46. The molecule has 1 N–H and O–H groups in total. The van der Waals surface area contributed by atoms with E-state index in [1.807, 2.05) is 6.07 Å². The van der Waals surface area contributed by atoms with Crippen LogP contribution >= 0.6 is 0 Å². The summed E-state index contributed by atoms with van der Waals surface area (Å²) in [4.78, 5) is 10.8. The largest absolute Gasteiger partial charge is 0.331 e. The molecular weight excluding hydrogens is 783 g/mol. The quantitative estimate of drug-likeness (QED) is 0.120. The van der Waals surface area contributed by atoms with Gasteiger partial charge in [0.25, 0.3) is 0 Å². The zero-order valence-corrected chi connectivity index (χ0v) is 35.4. The van der Waals surface area contributed by atoms with Crippen molar-refractivity contribution in [3.8, 4) is 5.69 Å². The molecule has 1 aliphatic rings. The third-order valence-electron chi connectivity index (χ3n) is 12.7. The first kappa shape index (κ1) is 36.8. The van der Waals surface area contributed by atoms with Crippen molar-refractivity contribution in [2.45, 2.75) is 6.29 Å². The van der Waals surface area contributed by atoms with Crippen molar-refractivity contribution < 1.29 is 0 Å². The van der Waals surface area contributed by atoms with Gasteiger partial charge in [-0.25, -0.2) is 9.98 Å². The molecular formula is C57H41N5Si. The minimum absolute atomic E-state index is 0.489. The molecule has 0 aliphatic carbocycles. The molecule has 12 rings (SSSR count). The molecule has 5 nitrogen and oxygen atoms in total. The molecule has 0 radical (unpaired) electrons. The van der Waals surface area contributed by atoms with Gasteiger partial charge in [0, 0.05) is 38.4 Å². The lowest BCUT2D eigenvalue weighted by molar-refractivity contribution is 0.516. The molecule has 6 heteroatoms. The van der Waals surface area contributed by atoms with Gasteiger partial charge in [0.1, 0.15) is 5.84 Å². The van der Waals surface area contributed by atoms with Crippen molar-refractivity contribution in [1.29, 1.82) is 0 Å². The number of para-hydroxylation sites is 3. The number of rotatable bonds is 8. The van der Waals surface area contributed by atoms with E-state index < -0.39 is 14.4 Å².